The van der Waals surface area contributed by atoms with Crippen molar-refractivity contribution in [2.45, 2.75) is 20.3 Å². The summed E-state index contributed by atoms with van der Waals surface area (Å²) in [4.78, 5) is 21.7. The fourth-order valence-corrected chi connectivity index (χ4v) is 4.08. The van der Waals surface area contributed by atoms with Gasteiger partial charge in [-0.2, -0.15) is 5.10 Å². The fraction of sp³-hybridized carbons (Fsp3) is 0.240. The molecule has 0 saturated heterocycles. The molecule has 5 heterocycles. The lowest BCUT2D eigenvalue weighted by Gasteiger charge is -2.28. The number of hydrogen-bond donors (Lipinski definition) is 0. The Labute approximate surface area is 181 Å². The Balaban J connectivity index is 1.46. The van der Waals surface area contributed by atoms with Crippen LogP contribution < -0.4 is 0 Å². The van der Waals surface area contributed by atoms with Crippen molar-refractivity contribution in [1.29, 1.82) is 0 Å². The summed E-state index contributed by atoms with van der Waals surface area (Å²) >= 11 is 0. The molecule has 3 aliphatic heterocycles. The second-order valence-electron chi connectivity index (χ2n) is 7.98. The first-order valence-electron chi connectivity index (χ1n) is 10.7. The van der Waals surface area contributed by atoms with Crippen LogP contribution in [0.25, 0.3) is 11.1 Å². The van der Waals surface area contributed by atoms with E-state index in [1.165, 1.54) is 5.57 Å². The molecule has 0 atom stereocenters. The third-order valence-corrected chi connectivity index (χ3v) is 5.92. The number of amides is 1. The number of carbonyl (C=O) groups excluding carboxylic acids is 1. The number of nitrogens with zero attached hydrogens (tertiary/aromatic N) is 5. The van der Waals surface area contributed by atoms with Crippen LogP contribution in [-0.2, 0) is 4.79 Å². The van der Waals surface area contributed by atoms with Crippen LogP contribution in [-0.4, -0.2) is 49.9 Å². The van der Waals surface area contributed by atoms with Crippen LogP contribution in [0.15, 0.2) is 84.0 Å². The molecule has 1 amide bonds. The lowest BCUT2D eigenvalue weighted by molar-refractivity contribution is -0.122. The van der Waals surface area contributed by atoms with Gasteiger partial charge in [0, 0.05) is 36.6 Å². The van der Waals surface area contributed by atoms with Crippen molar-refractivity contribution in [2.24, 2.45) is 0 Å². The molecule has 0 N–H and O–H groups in total. The lowest BCUT2D eigenvalue weighted by Crippen LogP contribution is -2.30. The molecule has 0 spiro atoms. The summed E-state index contributed by atoms with van der Waals surface area (Å²) < 4.78 is 1.80. The Morgan fingerprint density at radius 1 is 1.16 bits per heavy atom. The zero-order chi connectivity index (χ0) is 21.4. The van der Waals surface area contributed by atoms with Gasteiger partial charge in [-0.1, -0.05) is 31.2 Å². The van der Waals surface area contributed by atoms with E-state index in [1.807, 2.05) is 49.7 Å². The maximum atomic E-state index is 13.2. The van der Waals surface area contributed by atoms with Crippen molar-refractivity contribution in [3.05, 3.63) is 95.4 Å². The smallest absolute Gasteiger partial charge is 0.255 e. The van der Waals surface area contributed by atoms with Crippen LogP contribution in [0.5, 0.6) is 0 Å². The number of aromatic nitrogens is 3. The number of rotatable bonds is 3. The van der Waals surface area contributed by atoms with Gasteiger partial charge in [0.1, 0.15) is 0 Å². The third kappa shape index (κ3) is 3.82. The molecular formula is C25H25N5O. The summed E-state index contributed by atoms with van der Waals surface area (Å²) in [7, 11) is 0. The molecule has 6 heteroatoms. The van der Waals surface area contributed by atoms with Crippen molar-refractivity contribution in [3.8, 4) is 0 Å². The van der Waals surface area contributed by atoms with Crippen LogP contribution in [0, 0.1) is 6.92 Å². The van der Waals surface area contributed by atoms with E-state index in [-0.39, 0.29) is 5.91 Å². The first kappa shape index (κ1) is 19.5. The highest BCUT2D eigenvalue weighted by atomic mass is 16.2. The zero-order valence-electron chi connectivity index (χ0n) is 17.8. The monoisotopic (exact) mass is 411 g/mol. The molecule has 6 nitrogen and oxygen atoms in total. The Kier molecular flexibility index (Phi) is 5.00. The second kappa shape index (κ2) is 7.96. The molecule has 0 radical (unpaired) electrons. The molecule has 5 rings (SSSR count). The van der Waals surface area contributed by atoms with Gasteiger partial charge < -0.3 is 0 Å². The minimum Gasteiger partial charge on any atom is -0.300 e. The molecule has 156 valence electrons. The summed E-state index contributed by atoms with van der Waals surface area (Å²) in [5.41, 5.74) is 6.59. The van der Waals surface area contributed by atoms with Crippen molar-refractivity contribution in [2.75, 3.05) is 19.6 Å². The number of hydrogen-bond acceptors (Lipinski definition) is 4. The predicted molar refractivity (Wildman–Crippen MR) is 122 cm³/mol. The van der Waals surface area contributed by atoms with Crippen LogP contribution >= 0.6 is 0 Å². The SMILES string of the molecule is CCN1CC=C(C2=CN3C(=O)/C=C(c4cc5cnc(C)cn5n4)\C=C\C=C3C=C2)CC1. The maximum absolute atomic E-state index is 13.2. The van der Waals surface area contributed by atoms with Crippen molar-refractivity contribution < 1.29 is 4.79 Å². The van der Waals surface area contributed by atoms with Gasteiger partial charge in [-0.05, 0) is 49.3 Å². The van der Waals surface area contributed by atoms with Gasteiger partial charge in [-0.15, -0.1) is 0 Å². The van der Waals surface area contributed by atoms with Gasteiger partial charge in [-0.25, -0.2) is 4.52 Å². The van der Waals surface area contributed by atoms with E-state index in [2.05, 4.69) is 34.1 Å². The molecule has 0 aromatic carbocycles. The third-order valence-electron chi connectivity index (χ3n) is 5.92. The number of allylic oxidation sites excluding steroid dienone is 7. The van der Waals surface area contributed by atoms with Crippen LogP contribution in [0.3, 0.4) is 0 Å². The summed E-state index contributed by atoms with van der Waals surface area (Å²) in [5, 5.41) is 4.63. The van der Waals surface area contributed by atoms with Crippen LogP contribution in [0.4, 0.5) is 0 Å². The minimum absolute atomic E-state index is 0.0783. The Morgan fingerprint density at radius 2 is 2.06 bits per heavy atom. The maximum Gasteiger partial charge on any atom is 0.255 e. The van der Waals surface area contributed by atoms with Crippen molar-refractivity contribution in [3.63, 3.8) is 0 Å². The molecule has 0 fully saturated rings. The molecule has 0 saturated carbocycles. The van der Waals surface area contributed by atoms with E-state index in [4.69, 9.17) is 0 Å². The van der Waals surface area contributed by atoms with E-state index in [9.17, 15) is 4.79 Å². The van der Waals surface area contributed by atoms with Gasteiger partial charge >= 0.3 is 0 Å². The zero-order valence-corrected chi connectivity index (χ0v) is 17.8. The summed E-state index contributed by atoms with van der Waals surface area (Å²) in [6.07, 6.45) is 20.6. The van der Waals surface area contributed by atoms with Gasteiger partial charge in [0.2, 0.25) is 0 Å². The second-order valence-corrected chi connectivity index (χ2v) is 7.98. The van der Waals surface area contributed by atoms with E-state index in [0.717, 1.165) is 59.8 Å². The van der Waals surface area contributed by atoms with E-state index < -0.39 is 0 Å². The molecule has 31 heavy (non-hydrogen) atoms. The van der Waals surface area contributed by atoms with Gasteiger partial charge in [0.05, 0.1) is 29.3 Å². The van der Waals surface area contributed by atoms with Crippen LogP contribution in [0.2, 0.25) is 0 Å². The standard InChI is InChI=1S/C25H25N5O/c1-3-28-11-9-19(10-12-28)21-7-8-22-6-4-5-20(13-25(31)29(22)17-21)24-14-23-15-26-18(2)16-30(23)27-24/h4-9,13-17H,3,10-12H2,1-2H3/b5-4+,20-13+,22-6?. The minimum atomic E-state index is -0.0783. The van der Waals surface area contributed by atoms with Gasteiger partial charge in [0.15, 0.2) is 0 Å². The topological polar surface area (TPSA) is 53.7 Å². The first-order valence-corrected chi connectivity index (χ1v) is 10.7. The molecule has 3 aliphatic rings. The molecule has 0 bridgehead atoms. The Bertz CT molecular complexity index is 1240. The van der Waals surface area contributed by atoms with E-state index in [0.29, 0.717) is 0 Å². The highest BCUT2D eigenvalue weighted by molar-refractivity contribution is 5.99. The average Bonchev–Trinajstić information content (AvgIpc) is 3.20. The van der Waals surface area contributed by atoms with Crippen LogP contribution in [0.1, 0.15) is 24.7 Å². The largest absolute Gasteiger partial charge is 0.300 e. The molecular weight excluding hydrogens is 386 g/mol. The predicted octanol–water partition coefficient (Wildman–Crippen LogP) is 3.81. The molecule has 0 unspecified atom stereocenters. The quantitative estimate of drug-likeness (QED) is 0.771. The van der Waals surface area contributed by atoms with Crippen molar-refractivity contribution in [1.82, 2.24) is 24.4 Å². The number of carbonyl (C=O) groups is 1. The Hall–Kier alpha value is -3.51. The fourth-order valence-electron chi connectivity index (χ4n) is 4.08. The summed E-state index contributed by atoms with van der Waals surface area (Å²) in [5.74, 6) is -0.0783. The number of aryl methyl sites for hydroxylation is 1. The Morgan fingerprint density at radius 3 is 2.87 bits per heavy atom. The number of fused-ring (bicyclic) bond motifs is 2. The summed E-state index contributed by atoms with van der Waals surface area (Å²) in [6, 6.07) is 1.95. The van der Waals surface area contributed by atoms with Gasteiger partial charge in [0.25, 0.3) is 5.91 Å². The van der Waals surface area contributed by atoms with E-state index >= 15 is 0 Å². The molecule has 0 aliphatic carbocycles. The highest BCUT2D eigenvalue weighted by Gasteiger charge is 2.21. The average molecular weight is 412 g/mol. The lowest BCUT2D eigenvalue weighted by atomic mass is 9.97. The number of likely N-dealkylation sites (N-methyl/N-ethyl adjacent to an activating group) is 1. The highest BCUT2D eigenvalue weighted by Crippen LogP contribution is 2.28. The first-order chi connectivity index (χ1) is 15.1. The normalized spacial score (nSPS) is 22.1. The van der Waals surface area contributed by atoms with Gasteiger partial charge in [-0.3, -0.25) is 19.6 Å². The molecule has 2 aromatic rings. The van der Waals surface area contributed by atoms with Crippen molar-refractivity contribution >= 4 is 17.0 Å². The summed E-state index contributed by atoms with van der Waals surface area (Å²) in [6.45, 7) is 7.20. The molecule has 2 aromatic heterocycles. The van der Waals surface area contributed by atoms with E-state index in [1.54, 1.807) is 21.7 Å².